The summed E-state index contributed by atoms with van der Waals surface area (Å²) in [6.07, 6.45) is 1.22. The van der Waals surface area contributed by atoms with Crippen molar-refractivity contribution in [2.24, 2.45) is 0 Å². The number of nitrogens with two attached hydrogens (primary N) is 2. The lowest BCUT2D eigenvalue weighted by Gasteiger charge is -2.15. The average molecular weight is 488 g/mol. The third-order valence-corrected chi connectivity index (χ3v) is 5.53. The fourth-order valence-electron chi connectivity index (χ4n) is 3.71. The molecule has 0 spiro atoms. The van der Waals surface area contributed by atoms with Crippen molar-refractivity contribution < 1.29 is 19.4 Å². The lowest BCUT2D eigenvalue weighted by atomic mass is 10.1. The van der Waals surface area contributed by atoms with Gasteiger partial charge in [-0.05, 0) is 41.8 Å². The molecule has 36 heavy (non-hydrogen) atoms. The van der Waals surface area contributed by atoms with Crippen molar-refractivity contribution >= 4 is 34.3 Å². The van der Waals surface area contributed by atoms with E-state index in [0.717, 1.165) is 23.1 Å². The van der Waals surface area contributed by atoms with Crippen LogP contribution in [0.3, 0.4) is 0 Å². The van der Waals surface area contributed by atoms with E-state index in [0.29, 0.717) is 49.0 Å². The summed E-state index contributed by atoms with van der Waals surface area (Å²) >= 11 is 0. The first kappa shape index (κ1) is 24.6. The predicted octanol–water partition coefficient (Wildman–Crippen LogP) is 4.27. The quantitative estimate of drug-likeness (QED) is 0.215. The van der Waals surface area contributed by atoms with Gasteiger partial charge in [0.1, 0.15) is 5.82 Å². The molecule has 0 aliphatic heterocycles. The summed E-state index contributed by atoms with van der Waals surface area (Å²) < 4.78 is 11.9. The van der Waals surface area contributed by atoms with E-state index in [2.05, 4.69) is 27.4 Å². The standard InChI is InChI=1S/C27H29N5O4/c28-26-21-15-19(8-10-22(21)31-27(29)32-26)17-30-20-9-11-23(35-13-4-7-25(33)34)24(16-20)36-14-12-18-5-2-1-3-6-18/h1-3,5-6,8-11,15-16,30H,4,7,12-14,17H2,(H,33,34)(H4,28,29,31,32). The number of carboxylic acid groups (broad SMARTS) is 1. The number of nitrogen functional groups attached to an aromatic ring is 2. The molecule has 4 rings (SSSR count). The van der Waals surface area contributed by atoms with Crippen LogP contribution in [0.25, 0.3) is 10.9 Å². The largest absolute Gasteiger partial charge is 0.490 e. The van der Waals surface area contributed by atoms with Gasteiger partial charge >= 0.3 is 5.97 Å². The Hall–Kier alpha value is -4.53. The molecule has 0 fully saturated rings. The van der Waals surface area contributed by atoms with Crippen LogP contribution in [0.2, 0.25) is 0 Å². The van der Waals surface area contributed by atoms with Crippen LogP contribution < -0.4 is 26.3 Å². The molecule has 9 heteroatoms. The number of anilines is 3. The van der Waals surface area contributed by atoms with Gasteiger partial charge in [0.05, 0.1) is 18.7 Å². The van der Waals surface area contributed by atoms with Gasteiger partial charge in [-0.2, -0.15) is 4.98 Å². The van der Waals surface area contributed by atoms with Gasteiger partial charge in [0.15, 0.2) is 11.5 Å². The number of fused-ring (bicyclic) bond motifs is 1. The summed E-state index contributed by atoms with van der Waals surface area (Å²) in [5.74, 6) is 0.821. The number of hydrogen-bond donors (Lipinski definition) is 4. The molecular formula is C27H29N5O4. The van der Waals surface area contributed by atoms with Crippen LogP contribution in [-0.4, -0.2) is 34.3 Å². The maximum atomic E-state index is 10.8. The maximum absolute atomic E-state index is 10.8. The Morgan fingerprint density at radius 1 is 0.889 bits per heavy atom. The Kier molecular flexibility index (Phi) is 8.02. The van der Waals surface area contributed by atoms with Crippen molar-refractivity contribution in [3.63, 3.8) is 0 Å². The van der Waals surface area contributed by atoms with Crippen LogP contribution in [0.15, 0.2) is 66.7 Å². The van der Waals surface area contributed by atoms with E-state index >= 15 is 0 Å². The first-order valence-corrected chi connectivity index (χ1v) is 11.7. The molecule has 0 atom stereocenters. The second kappa shape index (κ2) is 11.7. The topological polar surface area (TPSA) is 146 Å². The van der Waals surface area contributed by atoms with Gasteiger partial charge in [0.25, 0.3) is 0 Å². The number of rotatable bonds is 12. The van der Waals surface area contributed by atoms with Gasteiger partial charge in [-0.3, -0.25) is 4.79 Å². The molecule has 0 amide bonds. The van der Waals surface area contributed by atoms with Crippen LogP contribution in [0, 0.1) is 0 Å². The van der Waals surface area contributed by atoms with E-state index in [1.807, 2.05) is 54.6 Å². The van der Waals surface area contributed by atoms with E-state index in [1.54, 1.807) is 0 Å². The molecule has 9 nitrogen and oxygen atoms in total. The molecule has 4 aromatic rings. The summed E-state index contributed by atoms with van der Waals surface area (Å²) in [6.45, 7) is 1.31. The molecule has 1 heterocycles. The summed E-state index contributed by atoms with van der Waals surface area (Å²) in [5.41, 5.74) is 15.4. The Labute approximate surface area is 209 Å². The zero-order valence-corrected chi connectivity index (χ0v) is 19.8. The van der Waals surface area contributed by atoms with Gasteiger partial charge in [-0.1, -0.05) is 36.4 Å². The van der Waals surface area contributed by atoms with Crippen LogP contribution in [0.5, 0.6) is 11.5 Å². The molecule has 0 bridgehead atoms. The van der Waals surface area contributed by atoms with Crippen molar-refractivity contribution in [1.82, 2.24) is 9.97 Å². The van der Waals surface area contributed by atoms with Crippen molar-refractivity contribution in [2.75, 3.05) is 30.0 Å². The monoisotopic (exact) mass is 487 g/mol. The van der Waals surface area contributed by atoms with Crippen molar-refractivity contribution in [1.29, 1.82) is 0 Å². The number of benzene rings is 3. The molecule has 0 aliphatic carbocycles. The molecule has 0 aliphatic rings. The number of nitrogens with zero attached hydrogens (tertiary/aromatic N) is 2. The fourth-order valence-corrected chi connectivity index (χ4v) is 3.71. The zero-order valence-electron chi connectivity index (χ0n) is 19.8. The van der Waals surface area contributed by atoms with Crippen molar-refractivity contribution in [3.05, 3.63) is 77.9 Å². The number of carbonyl (C=O) groups is 1. The minimum Gasteiger partial charge on any atom is -0.490 e. The summed E-state index contributed by atoms with van der Waals surface area (Å²) in [6, 6.07) is 21.5. The first-order valence-electron chi connectivity index (χ1n) is 11.7. The van der Waals surface area contributed by atoms with E-state index in [9.17, 15) is 4.79 Å². The molecular weight excluding hydrogens is 458 g/mol. The van der Waals surface area contributed by atoms with Gasteiger partial charge < -0.3 is 31.4 Å². The molecule has 0 saturated carbocycles. The van der Waals surface area contributed by atoms with E-state index in [-0.39, 0.29) is 12.4 Å². The van der Waals surface area contributed by atoms with Crippen LogP contribution in [0.4, 0.5) is 17.5 Å². The van der Waals surface area contributed by atoms with Crippen LogP contribution >= 0.6 is 0 Å². The average Bonchev–Trinajstić information content (AvgIpc) is 2.87. The second-order valence-electron chi connectivity index (χ2n) is 8.26. The van der Waals surface area contributed by atoms with E-state index < -0.39 is 5.97 Å². The summed E-state index contributed by atoms with van der Waals surface area (Å²) in [5, 5.41) is 13.0. The Morgan fingerprint density at radius 2 is 1.69 bits per heavy atom. The molecule has 1 aromatic heterocycles. The molecule has 6 N–H and O–H groups in total. The highest BCUT2D eigenvalue weighted by Crippen LogP contribution is 2.31. The Balaban J connectivity index is 1.44. The smallest absolute Gasteiger partial charge is 0.303 e. The van der Waals surface area contributed by atoms with Gasteiger partial charge in [-0.15, -0.1) is 0 Å². The highest BCUT2D eigenvalue weighted by Gasteiger charge is 2.09. The maximum Gasteiger partial charge on any atom is 0.303 e. The zero-order chi connectivity index (χ0) is 25.3. The fraction of sp³-hybridized carbons (Fsp3) is 0.222. The highest BCUT2D eigenvalue weighted by molar-refractivity contribution is 5.89. The lowest BCUT2D eigenvalue weighted by molar-refractivity contribution is -0.137. The minimum atomic E-state index is -0.844. The number of carboxylic acids is 1. The number of aromatic nitrogens is 2. The third kappa shape index (κ3) is 6.75. The van der Waals surface area contributed by atoms with Gasteiger partial charge in [0, 0.05) is 36.5 Å². The SMILES string of the molecule is Nc1nc(N)c2cc(CNc3ccc(OCCCC(=O)O)c(OCCc4ccccc4)c3)ccc2n1. The first-order chi connectivity index (χ1) is 17.5. The normalized spacial score (nSPS) is 10.8. The second-order valence-corrected chi connectivity index (χ2v) is 8.26. The van der Waals surface area contributed by atoms with Crippen molar-refractivity contribution in [3.8, 4) is 11.5 Å². The molecule has 0 saturated heterocycles. The number of nitrogens with one attached hydrogen (secondary N) is 1. The number of aliphatic carboxylic acids is 1. The molecule has 0 radical (unpaired) electrons. The predicted molar refractivity (Wildman–Crippen MR) is 140 cm³/mol. The molecule has 3 aromatic carbocycles. The molecule has 186 valence electrons. The summed E-state index contributed by atoms with van der Waals surface area (Å²) in [4.78, 5) is 19.0. The summed E-state index contributed by atoms with van der Waals surface area (Å²) in [7, 11) is 0. The van der Waals surface area contributed by atoms with Gasteiger partial charge in [0.2, 0.25) is 5.95 Å². The van der Waals surface area contributed by atoms with E-state index in [4.69, 9.17) is 26.0 Å². The molecule has 0 unspecified atom stereocenters. The Bertz CT molecular complexity index is 1330. The number of ether oxygens (including phenoxy) is 2. The van der Waals surface area contributed by atoms with Crippen LogP contribution in [0.1, 0.15) is 24.0 Å². The lowest BCUT2D eigenvalue weighted by Crippen LogP contribution is -2.07. The van der Waals surface area contributed by atoms with Crippen LogP contribution in [-0.2, 0) is 17.8 Å². The number of hydrogen-bond acceptors (Lipinski definition) is 8. The van der Waals surface area contributed by atoms with E-state index in [1.165, 1.54) is 5.56 Å². The minimum absolute atomic E-state index is 0.0533. The van der Waals surface area contributed by atoms with Crippen molar-refractivity contribution in [2.45, 2.75) is 25.8 Å². The Morgan fingerprint density at radius 3 is 2.50 bits per heavy atom. The third-order valence-electron chi connectivity index (χ3n) is 5.53. The van der Waals surface area contributed by atoms with Gasteiger partial charge in [-0.25, -0.2) is 4.98 Å². The highest BCUT2D eigenvalue weighted by atomic mass is 16.5.